The number of benzene rings is 3. The van der Waals surface area contributed by atoms with Crippen LogP contribution < -0.4 is 9.46 Å². The number of hydrogen-bond acceptors (Lipinski definition) is 7. The van der Waals surface area contributed by atoms with Crippen LogP contribution in [0.2, 0.25) is 5.02 Å². The number of rotatable bonds is 9. The predicted molar refractivity (Wildman–Crippen MR) is 187 cm³/mol. The van der Waals surface area contributed by atoms with Crippen LogP contribution in [-0.4, -0.2) is 86.7 Å². The first-order valence-electron chi connectivity index (χ1n) is 16.3. The van der Waals surface area contributed by atoms with Gasteiger partial charge in [0.2, 0.25) is 5.91 Å². The summed E-state index contributed by atoms with van der Waals surface area (Å²) in [7, 11) is -2.23. The van der Waals surface area contributed by atoms with E-state index >= 15 is 0 Å². The Labute approximate surface area is 289 Å². The van der Waals surface area contributed by atoms with Crippen molar-refractivity contribution in [2.24, 2.45) is 5.92 Å². The molecule has 0 radical (unpaired) electrons. The highest BCUT2D eigenvalue weighted by Crippen LogP contribution is 2.30. The number of nitrogens with zero attached hydrogens (tertiary/aromatic N) is 2. The summed E-state index contributed by atoms with van der Waals surface area (Å²) in [6.45, 7) is 6.36. The van der Waals surface area contributed by atoms with Gasteiger partial charge in [-0.25, -0.2) is 8.42 Å². The van der Waals surface area contributed by atoms with E-state index in [2.05, 4.69) is 4.72 Å². The molecule has 3 aromatic rings. The highest BCUT2D eigenvalue weighted by Gasteiger charge is 2.31. The molecular formula is C36H46ClN3O7S. The lowest BCUT2D eigenvalue weighted by atomic mass is 10.0. The molecule has 12 heteroatoms. The number of halogens is 1. The molecule has 1 aliphatic rings. The van der Waals surface area contributed by atoms with E-state index in [1.807, 2.05) is 44.2 Å². The standard InChI is InChI=1S/C36H46ClN3O7S/c1-25-22-40(26(2)24-41)36(43)32-21-30(38-48(44,45)31-16-13-29(37)14-17-31)15-18-33(32)47-27(3)10-8-9-19-46-34(25)23-39(4)35(42)20-28-11-6-5-7-12-28/h5-7,11-18,21,25-27,34,38,41H,8-10,19-20,22-24H2,1-4H3/t25-,26+,27-,34+/m0/s1. The first-order valence-corrected chi connectivity index (χ1v) is 18.1. The molecule has 10 nitrogen and oxygen atoms in total. The van der Waals surface area contributed by atoms with Crippen LogP contribution in [0.15, 0.2) is 77.7 Å². The number of sulfonamides is 1. The van der Waals surface area contributed by atoms with Gasteiger partial charge in [0.05, 0.1) is 41.7 Å². The van der Waals surface area contributed by atoms with Gasteiger partial charge in [0.25, 0.3) is 15.9 Å². The van der Waals surface area contributed by atoms with Crippen molar-refractivity contribution in [2.45, 2.75) is 69.6 Å². The molecule has 0 fully saturated rings. The average molecular weight is 700 g/mol. The second-order valence-corrected chi connectivity index (χ2v) is 14.6. The topological polar surface area (TPSA) is 125 Å². The highest BCUT2D eigenvalue weighted by atomic mass is 35.5. The second-order valence-electron chi connectivity index (χ2n) is 12.5. The zero-order chi connectivity index (χ0) is 34.8. The maximum absolute atomic E-state index is 14.4. The van der Waals surface area contributed by atoms with Crippen LogP contribution in [-0.2, 0) is 26.0 Å². The first-order chi connectivity index (χ1) is 22.9. The van der Waals surface area contributed by atoms with E-state index in [9.17, 15) is 23.1 Å². The summed E-state index contributed by atoms with van der Waals surface area (Å²) in [6, 6.07) is 19.4. The highest BCUT2D eigenvalue weighted by molar-refractivity contribution is 7.92. The summed E-state index contributed by atoms with van der Waals surface area (Å²) in [5, 5.41) is 10.6. The molecule has 4 rings (SSSR count). The lowest BCUT2D eigenvalue weighted by Crippen LogP contribution is -2.48. The van der Waals surface area contributed by atoms with Crippen LogP contribution >= 0.6 is 11.6 Å². The van der Waals surface area contributed by atoms with Crippen molar-refractivity contribution in [3.8, 4) is 5.75 Å². The molecule has 1 heterocycles. The number of hydrogen-bond donors (Lipinski definition) is 2. The summed E-state index contributed by atoms with van der Waals surface area (Å²) < 4.78 is 41.5. The summed E-state index contributed by atoms with van der Waals surface area (Å²) in [5.41, 5.74) is 1.27. The number of nitrogens with one attached hydrogen (secondary N) is 1. The molecule has 0 bridgehead atoms. The van der Waals surface area contributed by atoms with E-state index < -0.39 is 22.0 Å². The van der Waals surface area contributed by atoms with Crippen LogP contribution in [0.5, 0.6) is 5.75 Å². The summed E-state index contributed by atoms with van der Waals surface area (Å²) in [5.74, 6) is -0.377. The molecule has 0 saturated carbocycles. The Balaban J connectivity index is 1.63. The van der Waals surface area contributed by atoms with Gasteiger partial charge in [0.15, 0.2) is 0 Å². The van der Waals surface area contributed by atoms with E-state index in [1.54, 1.807) is 35.9 Å². The monoisotopic (exact) mass is 699 g/mol. The van der Waals surface area contributed by atoms with E-state index in [0.29, 0.717) is 30.3 Å². The van der Waals surface area contributed by atoms with Gasteiger partial charge < -0.3 is 24.4 Å². The van der Waals surface area contributed by atoms with Crippen molar-refractivity contribution in [3.05, 3.63) is 88.9 Å². The molecule has 1 aliphatic heterocycles. The SMILES string of the molecule is C[C@H](CO)N1C[C@H](C)[C@@H](CN(C)C(=O)Cc2ccccc2)OCCCC[C@H](C)Oc2ccc(NS(=O)(=O)c3ccc(Cl)cc3)cc2C1=O. The third-order valence-electron chi connectivity index (χ3n) is 8.51. The number of aliphatic hydroxyl groups is 1. The Hall–Kier alpha value is -3.64. The molecule has 0 spiro atoms. The Morgan fingerprint density at radius 1 is 1.08 bits per heavy atom. The molecule has 48 heavy (non-hydrogen) atoms. The number of carbonyl (C=O) groups is 2. The zero-order valence-electron chi connectivity index (χ0n) is 28.0. The van der Waals surface area contributed by atoms with Gasteiger partial charge in [0, 0.05) is 43.4 Å². The maximum atomic E-state index is 14.4. The Bertz CT molecular complexity index is 1620. The van der Waals surface area contributed by atoms with Crippen molar-refractivity contribution in [3.63, 3.8) is 0 Å². The van der Waals surface area contributed by atoms with Gasteiger partial charge in [-0.05, 0) is 81.1 Å². The molecular weight excluding hydrogens is 654 g/mol. The predicted octanol–water partition coefficient (Wildman–Crippen LogP) is 5.64. The number of amides is 2. The van der Waals surface area contributed by atoms with Crippen LogP contribution in [0.3, 0.4) is 0 Å². The quantitative estimate of drug-likeness (QED) is 0.296. The lowest BCUT2D eigenvalue weighted by molar-refractivity contribution is -0.131. The molecule has 0 saturated heterocycles. The van der Waals surface area contributed by atoms with Gasteiger partial charge in [0.1, 0.15) is 5.75 Å². The summed E-state index contributed by atoms with van der Waals surface area (Å²) >= 11 is 5.95. The van der Waals surface area contributed by atoms with E-state index in [4.69, 9.17) is 21.1 Å². The minimum absolute atomic E-state index is 0.0193. The van der Waals surface area contributed by atoms with Gasteiger partial charge in [-0.1, -0.05) is 48.9 Å². The van der Waals surface area contributed by atoms with Gasteiger partial charge in [-0.3, -0.25) is 14.3 Å². The minimum Gasteiger partial charge on any atom is -0.490 e. The average Bonchev–Trinajstić information content (AvgIpc) is 3.06. The third kappa shape index (κ3) is 10.2. The lowest BCUT2D eigenvalue weighted by Gasteiger charge is -2.36. The fraction of sp³-hybridized carbons (Fsp3) is 0.444. The van der Waals surface area contributed by atoms with E-state index in [1.165, 1.54) is 30.3 Å². The molecule has 0 aliphatic carbocycles. The normalized spacial score (nSPS) is 20.2. The first kappa shape index (κ1) is 37.2. The smallest absolute Gasteiger partial charge is 0.261 e. The Kier molecular flexibility index (Phi) is 13.3. The van der Waals surface area contributed by atoms with Crippen molar-refractivity contribution in [1.29, 1.82) is 0 Å². The van der Waals surface area contributed by atoms with Crippen LogP contribution in [0, 0.1) is 5.92 Å². The number of aliphatic hydroxyl groups excluding tert-OH is 1. The number of likely N-dealkylation sites (N-methyl/N-ethyl adjacent to an activating group) is 1. The van der Waals surface area contributed by atoms with E-state index in [0.717, 1.165) is 18.4 Å². The molecule has 0 aromatic heterocycles. The number of ether oxygens (including phenoxy) is 2. The fourth-order valence-corrected chi connectivity index (χ4v) is 6.73. The van der Waals surface area contributed by atoms with E-state index in [-0.39, 0.29) is 59.8 Å². The van der Waals surface area contributed by atoms with Crippen molar-refractivity contribution in [1.82, 2.24) is 9.80 Å². The van der Waals surface area contributed by atoms with Crippen molar-refractivity contribution >= 4 is 39.1 Å². The summed E-state index contributed by atoms with van der Waals surface area (Å²) in [6.07, 6.45) is 1.95. The Morgan fingerprint density at radius 2 is 1.79 bits per heavy atom. The number of carbonyl (C=O) groups excluding carboxylic acids is 2. The van der Waals surface area contributed by atoms with Gasteiger partial charge >= 0.3 is 0 Å². The molecule has 0 unspecified atom stereocenters. The van der Waals surface area contributed by atoms with Crippen LogP contribution in [0.25, 0.3) is 0 Å². The zero-order valence-corrected chi connectivity index (χ0v) is 29.5. The molecule has 4 atom stereocenters. The Morgan fingerprint density at radius 3 is 2.48 bits per heavy atom. The third-order valence-corrected chi connectivity index (χ3v) is 10.2. The summed E-state index contributed by atoms with van der Waals surface area (Å²) in [4.78, 5) is 30.7. The fourth-order valence-electron chi connectivity index (χ4n) is 5.55. The van der Waals surface area contributed by atoms with Crippen molar-refractivity contribution in [2.75, 3.05) is 38.1 Å². The largest absolute Gasteiger partial charge is 0.490 e. The van der Waals surface area contributed by atoms with Gasteiger partial charge in [-0.2, -0.15) is 0 Å². The maximum Gasteiger partial charge on any atom is 0.261 e. The minimum atomic E-state index is -3.99. The number of anilines is 1. The van der Waals surface area contributed by atoms with Crippen molar-refractivity contribution < 1.29 is 32.6 Å². The van der Waals surface area contributed by atoms with Crippen LogP contribution in [0.1, 0.15) is 56.0 Å². The molecule has 2 N–H and O–H groups in total. The van der Waals surface area contributed by atoms with Gasteiger partial charge in [-0.15, -0.1) is 0 Å². The molecule has 2 amide bonds. The molecule has 3 aromatic carbocycles. The number of fused-ring (bicyclic) bond motifs is 1. The van der Waals surface area contributed by atoms with Crippen LogP contribution in [0.4, 0.5) is 5.69 Å². The second kappa shape index (κ2) is 17.1. The molecule has 260 valence electrons.